The van der Waals surface area contributed by atoms with Gasteiger partial charge in [0.25, 0.3) is 0 Å². The highest BCUT2D eigenvalue weighted by molar-refractivity contribution is 9.10. The maximum atomic E-state index is 10.7. The number of halogens is 1. The van der Waals surface area contributed by atoms with Gasteiger partial charge in [-0.2, -0.15) is 0 Å². The van der Waals surface area contributed by atoms with Crippen molar-refractivity contribution in [3.8, 4) is 0 Å². The maximum Gasteiger partial charge on any atom is 0.305 e. The van der Waals surface area contributed by atoms with Gasteiger partial charge in [-0.15, -0.1) is 0 Å². The van der Waals surface area contributed by atoms with Crippen molar-refractivity contribution in [3.63, 3.8) is 0 Å². The summed E-state index contributed by atoms with van der Waals surface area (Å²) in [6.45, 7) is 4.44. The summed E-state index contributed by atoms with van der Waals surface area (Å²) in [6.07, 6.45) is 1.19. The molecule has 0 saturated heterocycles. The number of fused-ring (bicyclic) bond motifs is 1. The SMILES string of the molecule is Cc1cc(Br)cc2c1NCCCN2CCC(=O)O. The monoisotopic (exact) mass is 312 g/mol. The van der Waals surface area contributed by atoms with Crippen molar-refractivity contribution in [2.45, 2.75) is 19.8 Å². The molecule has 0 bridgehead atoms. The third-order valence-corrected chi connectivity index (χ3v) is 3.58. The Morgan fingerprint density at radius 2 is 2.33 bits per heavy atom. The number of carbonyl (C=O) groups is 1. The molecule has 0 fully saturated rings. The van der Waals surface area contributed by atoms with Gasteiger partial charge >= 0.3 is 5.97 Å². The van der Waals surface area contributed by atoms with Crippen LogP contribution < -0.4 is 10.2 Å². The fraction of sp³-hybridized carbons (Fsp3) is 0.462. The smallest absolute Gasteiger partial charge is 0.305 e. The number of rotatable bonds is 3. The molecule has 0 saturated carbocycles. The van der Waals surface area contributed by atoms with Crippen molar-refractivity contribution in [1.82, 2.24) is 0 Å². The molecule has 1 aliphatic rings. The topological polar surface area (TPSA) is 52.6 Å². The Balaban J connectivity index is 2.31. The number of anilines is 2. The minimum atomic E-state index is -0.750. The first-order chi connectivity index (χ1) is 8.58. The van der Waals surface area contributed by atoms with Crippen molar-refractivity contribution in [1.29, 1.82) is 0 Å². The number of aliphatic carboxylic acids is 1. The van der Waals surface area contributed by atoms with Gasteiger partial charge in [0, 0.05) is 24.1 Å². The summed E-state index contributed by atoms with van der Waals surface area (Å²) in [6, 6.07) is 4.13. The van der Waals surface area contributed by atoms with Crippen molar-refractivity contribution in [3.05, 3.63) is 22.2 Å². The second-order valence-corrected chi connectivity index (χ2v) is 5.44. The maximum absolute atomic E-state index is 10.7. The third kappa shape index (κ3) is 2.96. The van der Waals surface area contributed by atoms with E-state index in [4.69, 9.17) is 5.11 Å². The highest BCUT2D eigenvalue weighted by atomic mass is 79.9. The van der Waals surface area contributed by atoms with Gasteiger partial charge in [0.05, 0.1) is 17.8 Å². The zero-order valence-corrected chi connectivity index (χ0v) is 12.0. The summed E-state index contributed by atoms with van der Waals surface area (Å²) in [5.74, 6) is -0.750. The first-order valence-electron chi connectivity index (χ1n) is 6.08. The molecule has 18 heavy (non-hydrogen) atoms. The molecule has 2 N–H and O–H groups in total. The molecule has 1 aromatic rings. The number of carboxylic acids is 1. The number of benzene rings is 1. The normalized spacial score (nSPS) is 14.7. The molecule has 2 rings (SSSR count). The molecule has 0 aromatic heterocycles. The van der Waals surface area contributed by atoms with Gasteiger partial charge < -0.3 is 15.3 Å². The van der Waals surface area contributed by atoms with Crippen LogP contribution in [0.1, 0.15) is 18.4 Å². The zero-order valence-electron chi connectivity index (χ0n) is 10.4. The number of carboxylic acid groups (broad SMARTS) is 1. The van der Waals surface area contributed by atoms with E-state index in [-0.39, 0.29) is 6.42 Å². The lowest BCUT2D eigenvalue weighted by Crippen LogP contribution is -2.26. The molecular formula is C13H17BrN2O2. The standard InChI is InChI=1S/C13H17BrN2O2/c1-9-7-10(14)8-11-13(9)15-4-2-5-16(11)6-3-12(17)18/h7-8,15H,2-6H2,1H3,(H,17,18). The number of hydrogen-bond acceptors (Lipinski definition) is 3. The number of hydrogen-bond donors (Lipinski definition) is 2. The molecular weight excluding hydrogens is 296 g/mol. The van der Waals surface area contributed by atoms with Crippen LogP contribution in [0, 0.1) is 6.92 Å². The average Bonchev–Trinajstić information content (AvgIpc) is 2.48. The molecule has 0 amide bonds. The van der Waals surface area contributed by atoms with E-state index in [1.807, 2.05) is 0 Å². The van der Waals surface area contributed by atoms with Crippen LogP contribution in [0.3, 0.4) is 0 Å². The Kier molecular flexibility index (Phi) is 4.11. The summed E-state index contributed by atoms with van der Waals surface area (Å²) in [4.78, 5) is 12.9. The lowest BCUT2D eigenvalue weighted by atomic mass is 10.1. The fourth-order valence-electron chi connectivity index (χ4n) is 2.27. The van der Waals surface area contributed by atoms with Gasteiger partial charge in [0.15, 0.2) is 0 Å². The van der Waals surface area contributed by atoms with Gasteiger partial charge in [-0.3, -0.25) is 4.79 Å². The van der Waals surface area contributed by atoms with E-state index in [0.717, 1.165) is 35.4 Å². The summed E-state index contributed by atoms with van der Waals surface area (Å²) in [7, 11) is 0. The first-order valence-corrected chi connectivity index (χ1v) is 6.88. The van der Waals surface area contributed by atoms with E-state index in [1.54, 1.807) is 0 Å². The first kappa shape index (κ1) is 13.2. The third-order valence-electron chi connectivity index (χ3n) is 3.12. The molecule has 0 atom stereocenters. The molecule has 0 aliphatic carbocycles. The predicted octanol–water partition coefficient (Wildman–Crippen LogP) is 2.85. The molecule has 0 unspecified atom stereocenters. The van der Waals surface area contributed by atoms with Gasteiger partial charge in [0.1, 0.15) is 0 Å². The largest absolute Gasteiger partial charge is 0.481 e. The quantitative estimate of drug-likeness (QED) is 0.901. The van der Waals surface area contributed by atoms with E-state index in [2.05, 4.69) is 45.2 Å². The van der Waals surface area contributed by atoms with E-state index >= 15 is 0 Å². The van der Waals surface area contributed by atoms with Crippen molar-refractivity contribution >= 4 is 33.3 Å². The van der Waals surface area contributed by atoms with Crippen LogP contribution in [0.2, 0.25) is 0 Å². The van der Waals surface area contributed by atoms with Crippen LogP contribution >= 0.6 is 15.9 Å². The molecule has 1 aliphatic heterocycles. The minimum absolute atomic E-state index is 0.172. The summed E-state index contributed by atoms with van der Waals surface area (Å²) < 4.78 is 1.03. The van der Waals surface area contributed by atoms with Gasteiger partial charge in [-0.05, 0) is 31.0 Å². The second-order valence-electron chi connectivity index (χ2n) is 4.53. The highest BCUT2D eigenvalue weighted by Crippen LogP contribution is 2.34. The fourth-order valence-corrected chi connectivity index (χ4v) is 2.83. The molecule has 0 spiro atoms. The Labute approximate surface area is 115 Å². The van der Waals surface area contributed by atoms with Gasteiger partial charge in [-0.25, -0.2) is 0 Å². The molecule has 0 radical (unpaired) electrons. The van der Waals surface area contributed by atoms with Crippen LogP contribution in [-0.2, 0) is 4.79 Å². The van der Waals surface area contributed by atoms with Crippen LogP contribution in [0.5, 0.6) is 0 Å². The number of nitrogens with zero attached hydrogens (tertiary/aromatic N) is 1. The lowest BCUT2D eigenvalue weighted by molar-refractivity contribution is -0.136. The van der Waals surface area contributed by atoms with E-state index in [9.17, 15) is 4.79 Å². The molecule has 1 heterocycles. The predicted molar refractivity (Wildman–Crippen MR) is 76.5 cm³/mol. The van der Waals surface area contributed by atoms with E-state index in [1.165, 1.54) is 5.56 Å². The molecule has 1 aromatic carbocycles. The lowest BCUT2D eigenvalue weighted by Gasteiger charge is -2.25. The van der Waals surface area contributed by atoms with Crippen molar-refractivity contribution < 1.29 is 9.90 Å². The number of nitrogens with one attached hydrogen (secondary N) is 1. The summed E-state index contributed by atoms with van der Waals surface area (Å²) in [5, 5.41) is 12.2. The Bertz CT molecular complexity index is 463. The van der Waals surface area contributed by atoms with Crippen molar-refractivity contribution in [2.75, 3.05) is 29.9 Å². The van der Waals surface area contributed by atoms with Gasteiger partial charge in [0.2, 0.25) is 0 Å². The van der Waals surface area contributed by atoms with Crippen LogP contribution in [0.4, 0.5) is 11.4 Å². The van der Waals surface area contributed by atoms with E-state index in [0.29, 0.717) is 6.54 Å². The Morgan fingerprint density at radius 1 is 1.56 bits per heavy atom. The molecule has 5 heteroatoms. The average molecular weight is 313 g/mol. The summed E-state index contributed by atoms with van der Waals surface area (Å²) in [5.41, 5.74) is 3.41. The minimum Gasteiger partial charge on any atom is -0.481 e. The van der Waals surface area contributed by atoms with Crippen molar-refractivity contribution in [2.24, 2.45) is 0 Å². The molecule has 98 valence electrons. The summed E-state index contributed by atoms with van der Waals surface area (Å²) >= 11 is 3.50. The van der Waals surface area contributed by atoms with Crippen LogP contribution in [-0.4, -0.2) is 30.7 Å². The van der Waals surface area contributed by atoms with E-state index < -0.39 is 5.97 Å². The molecule has 4 nitrogen and oxygen atoms in total. The number of aryl methyl sites for hydroxylation is 1. The Hall–Kier alpha value is -1.23. The van der Waals surface area contributed by atoms with Gasteiger partial charge in [-0.1, -0.05) is 15.9 Å². The Morgan fingerprint density at radius 3 is 3.06 bits per heavy atom. The second kappa shape index (κ2) is 5.61. The zero-order chi connectivity index (χ0) is 13.1. The van der Waals surface area contributed by atoms with Crippen LogP contribution in [0.25, 0.3) is 0 Å². The van der Waals surface area contributed by atoms with Crippen LogP contribution in [0.15, 0.2) is 16.6 Å². The highest BCUT2D eigenvalue weighted by Gasteiger charge is 2.17.